The summed E-state index contributed by atoms with van der Waals surface area (Å²) in [7, 11) is -0.783. The van der Waals surface area contributed by atoms with E-state index in [1.807, 2.05) is 0 Å². The summed E-state index contributed by atoms with van der Waals surface area (Å²) in [4.78, 5) is 3.50. The maximum atomic E-state index is 13.4. The molecule has 0 aliphatic carbocycles. The Morgan fingerprint density at radius 2 is 2.00 bits per heavy atom. The molecule has 1 aliphatic heterocycles. The first-order chi connectivity index (χ1) is 12.0. The molecule has 0 bridgehead atoms. The number of ether oxygens (including phenoxy) is 2. The van der Waals surface area contributed by atoms with Gasteiger partial charge < -0.3 is 9.47 Å². The Bertz CT molecular complexity index is 873. The third-order valence-corrected chi connectivity index (χ3v) is 6.16. The Morgan fingerprint density at radius 3 is 2.68 bits per heavy atom. The maximum absolute atomic E-state index is 13.4. The second kappa shape index (κ2) is 6.97. The highest BCUT2D eigenvalue weighted by Crippen LogP contribution is 2.41. The van der Waals surface area contributed by atoms with Gasteiger partial charge in [-0.25, -0.2) is 12.8 Å². The molecule has 134 valence electrons. The van der Waals surface area contributed by atoms with Crippen molar-refractivity contribution in [3.63, 3.8) is 0 Å². The number of halogens is 1. The fraction of sp³-hybridized carbons (Fsp3) is 0.353. The normalized spacial score (nSPS) is 18.3. The van der Waals surface area contributed by atoms with E-state index in [1.54, 1.807) is 25.3 Å². The molecule has 0 amide bonds. The quantitative estimate of drug-likeness (QED) is 0.814. The average Bonchev–Trinajstić information content (AvgIpc) is 3.11. The van der Waals surface area contributed by atoms with Crippen LogP contribution in [0.3, 0.4) is 0 Å². The summed E-state index contributed by atoms with van der Waals surface area (Å²) in [6.45, 7) is 0.351. The average molecular weight is 366 g/mol. The second-order valence-electron chi connectivity index (χ2n) is 5.72. The predicted octanol–water partition coefficient (Wildman–Crippen LogP) is 2.76. The highest BCUT2D eigenvalue weighted by molar-refractivity contribution is 7.89. The van der Waals surface area contributed by atoms with E-state index in [2.05, 4.69) is 4.98 Å². The summed E-state index contributed by atoms with van der Waals surface area (Å²) in [5.41, 5.74) is 0.729. The summed E-state index contributed by atoms with van der Waals surface area (Å²) >= 11 is 0. The molecule has 1 saturated heterocycles. The summed E-state index contributed by atoms with van der Waals surface area (Å²) in [5, 5.41) is 0. The lowest BCUT2D eigenvalue weighted by molar-refractivity contribution is 0.361. The molecule has 0 N–H and O–H groups in total. The fourth-order valence-corrected chi connectivity index (χ4v) is 4.76. The van der Waals surface area contributed by atoms with Crippen LogP contribution < -0.4 is 9.47 Å². The second-order valence-corrected chi connectivity index (χ2v) is 7.61. The van der Waals surface area contributed by atoms with Crippen LogP contribution in [0, 0.1) is 5.82 Å². The van der Waals surface area contributed by atoms with Crippen LogP contribution in [-0.2, 0) is 10.0 Å². The Morgan fingerprint density at radius 1 is 1.20 bits per heavy atom. The van der Waals surface area contributed by atoms with Gasteiger partial charge in [-0.3, -0.25) is 4.98 Å². The van der Waals surface area contributed by atoms with Gasteiger partial charge in [-0.05, 0) is 37.1 Å². The number of aromatic nitrogens is 1. The van der Waals surface area contributed by atoms with Gasteiger partial charge in [0, 0.05) is 18.3 Å². The van der Waals surface area contributed by atoms with E-state index in [9.17, 15) is 12.8 Å². The Balaban J connectivity index is 2.04. The van der Waals surface area contributed by atoms with Crippen molar-refractivity contribution >= 4 is 10.0 Å². The molecule has 2 aromatic rings. The van der Waals surface area contributed by atoms with Gasteiger partial charge in [-0.2, -0.15) is 4.31 Å². The summed E-state index contributed by atoms with van der Waals surface area (Å²) in [6, 6.07) is 5.87. The molecule has 1 atom stereocenters. The number of benzene rings is 1. The lowest BCUT2D eigenvalue weighted by atomic mass is 10.0. The first-order valence-electron chi connectivity index (χ1n) is 7.81. The zero-order valence-electron chi connectivity index (χ0n) is 14.0. The largest absolute Gasteiger partial charge is 0.497 e. The van der Waals surface area contributed by atoms with Crippen molar-refractivity contribution in [3.05, 3.63) is 48.0 Å². The monoisotopic (exact) mass is 366 g/mol. The first kappa shape index (κ1) is 17.6. The molecule has 0 unspecified atom stereocenters. The van der Waals surface area contributed by atoms with Crippen LogP contribution >= 0.6 is 0 Å². The molecule has 2 heterocycles. The van der Waals surface area contributed by atoms with Crippen LogP contribution in [-0.4, -0.2) is 38.5 Å². The van der Waals surface area contributed by atoms with Crippen molar-refractivity contribution in [2.45, 2.75) is 23.8 Å². The lowest BCUT2D eigenvalue weighted by Gasteiger charge is -2.26. The smallest absolute Gasteiger partial charge is 0.245 e. The number of hydrogen-bond acceptors (Lipinski definition) is 5. The van der Waals surface area contributed by atoms with Gasteiger partial charge in [-0.15, -0.1) is 0 Å². The SMILES string of the molecule is COc1ccc(OC)c([C@H]2CCCN2S(=O)(=O)c2cncc(F)c2)c1. The minimum Gasteiger partial charge on any atom is -0.497 e. The summed E-state index contributed by atoms with van der Waals surface area (Å²) < 4.78 is 51.4. The number of methoxy groups -OCH3 is 2. The van der Waals surface area contributed by atoms with E-state index in [-0.39, 0.29) is 4.90 Å². The minimum atomic E-state index is -3.87. The van der Waals surface area contributed by atoms with Crippen LogP contribution in [0.2, 0.25) is 0 Å². The Hall–Kier alpha value is -2.19. The zero-order valence-corrected chi connectivity index (χ0v) is 14.8. The van der Waals surface area contributed by atoms with Gasteiger partial charge in [-0.1, -0.05) is 0 Å². The molecule has 0 saturated carbocycles. The Labute approximate surface area is 146 Å². The number of pyridine rings is 1. The molecule has 1 fully saturated rings. The van der Waals surface area contributed by atoms with E-state index >= 15 is 0 Å². The highest BCUT2D eigenvalue weighted by Gasteiger charge is 2.38. The molecule has 3 rings (SSSR count). The van der Waals surface area contributed by atoms with Crippen LogP contribution in [0.1, 0.15) is 24.4 Å². The van der Waals surface area contributed by atoms with Crippen LogP contribution in [0.25, 0.3) is 0 Å². The zero-order chi connectivity index (χ0) is 18.0. The van der Waals surface area contributed by atoms with Gasteiger partial charge >= 0.3 is 0 Å². The predicted molar refractivity (Wildman–Crippen MR) is 89.6 cm³/mol. The molecule has 25 heavy (non-hydrogen) atoms. The molecular weight excluding hydrogens is 347 g/mol. The van der Waals surface area contributed by atoms with E-state index in [0.717, 1.165) is 24.0 Å². The van der Waals surface area contributed by atoms with E-state index in [4.69, 9.17) is 9.47 Å². The summed E-state index contributed by atoms with van der Waals surface area (Å²) in [5.74, 6) is 0.522. The van der Waals surface area contributed by atoms with Gasteiger partial charge in [0.05, 0.1) is 26.5 Å². The highest BCUT2D eigenvalue weighted by atomic mass is 32.2. The number of nitrogens with zero attached hydrogens (tertiary/aromatic N) is 2. The van der Waals surface area contributed by atoms with E-state index in [1.165, 1.54) is 11.4 Å². The molecule has 0 spiro atoms. The third-order valence-electron chi connectivity index (χ3n) is 4.29. The molecule has 8 heteroatoms. The standard InChI is InChI=1S/C17H19FN2O4S/c1-23-13-5-6-17(24-2)15(9-13)16-4-3-7-20(16)25(21,22)14-8-12(18)10-19-11-14/h5-6,8-11,16H,3-4,7H2,1-2H3/t16-/m1/s1. The van der Waals surface area contributed by atoms with Gasteiger partial charge in [0.25, 0.3) is 0 Å². The molecule has 6 nitrogen and oxygen atoms in total. The lowest BCUT2D eigenvalue weighted by Crippen LogP contribution is -2.31. The van der Waals surface area contributed by atoms with Crippen molar-refractivity contribution in [1.29, 1.82) is 0 Å². The van der Waals surface area contributed by atoms with Crippen LogP contribution in [0.4, 0.5) is 4.39 Å². The number of sulfonamides is 1. The molecular formula is C17H19FN2O4S. The van der Waals surface area contributed by atoms with Gasteiger partial charge in [0.2, 0.25) is 10.0 Å². The topological polar surface area (TPSA) is 68.7 Å². The Kier molecular flexibility index (Phi) is 4.91. The van der Waals surface area contributed by atoms with E-state index in [0.29, 0.717) is 30.9 Å². The molecule has 0 radical (unpaired) electrons. The van der Waals surface area contributed by atoms with Crippen molar-refractivity contribution in [2.75, 3.05) is 20.8 Å². The maximum Gasteiger partial charge on any atom is 0.245 e. The van der Waals surface area contributed by atoms with Gasteiger partial charge in [0.1, 0.15) is 22.2 Å². The first-order valence-corrected chi connectivity index (χ1v) is 9.25. The molecule has 1 aromatic heterocycles. The number of rotatable bonds is 5. The number of hydrogen-bond donors (Lipinski definition) is 0. The van der Waals surface area contributed by atoms with E-state index < -0.39 is 21.9 Å². The van der Waals surface area contributed by atoms with Crippen molar-refractivity contribution in [1.82, 2.24) is 9.29 Å². The molecule has 1 aliphatic rings. The molecule has 1 aromatic carbocycles. The van der Waals surface area contributed by atoms with Crippen molar-refractivity contribution in [2.24, 2.45) is 0 Å². The van der Waals surface area contributed by atoms with Crippen LogP contribution in [0.15, 0.2) is 41.6 Å². The van der Waals surface area contributed by atoms with Gasteiger partial charge in [0.15, 0.2) is 0 Å². The van der Waals surface area contributed by atoms with Crippen molar-refractivity contribution in [3.8, 4) is 11.5 Å². The minimum absolute atomic E-state index is 0.152. The van der Waals surface area contributed by atoms with Crippen LogP contribution in [0.5, 0.6) is 11.5 Å². The fourth-order valence-electron chi connectivity index (χ4n) is 3.11. The third kappa shape index (κ3) is 3.32. The summed E-state index contributed by atoms with van der Waals surface area (Å²) in [6.07, 6.45) is 3.49. The van der Waals surface area contributed by atoms with Crippen molar-refractivity contribution < 1.29 is 22.3 Å².